The molecular formula is C23H31N3O3. The van der Waals surface area contributed by atoms with Crippen LogP contribution in [0.3, 0.4) is 0 Å². The van der Waals surface area contributed by atoms with E-state index in [0.717, 1.165) is 18.8 Å². The van der Waals surface area contributed by atoms with Crippen molar-refractivity contribution >= 4 is 23.2 Å². The molecule has 0 fully saturated rings. The largest absolute Gasteiger partial charge is 0.497 e. The molecule has 0 aliphatic carbocycles. The van der Waals surface area contributed by atoms with Gasteiger partial charge in [0.15, 0.2) is 0 Å². The zero-order chi connectivity index (χ0) is 21.4. The molecule has 0 spiro atoms. The van der Waals surface area contributed by atoms with Crippen molar-refractivity contribution in [3.63, 3.8) is 0 Å². The fraction of sp³-hybridized carbons (Fsp3) is 0.391. The number of methoxy groups -OCH3 is 1. The molecule has 0 bridgehead atoms. The van der Waals surface area contributed by atoms with Gasteiger partial charge in [-0.3, -0.25) is 9.59 Å². The minimum atomic E-state index is -0.646. The van der Waals surface area contributed by atoms with Crippen LogP contribution in [0, 0.1) is 5.92 Å². The third-order valence-corrected chi connectivity index (χ3v) is 4.85. The Kier molecular flexibility index (Phi) is 8.07. The number of benzene rings is 2. The van der Waals surface area contributed by atoms with Crippen molar-refractivity contribution in [1.29, 1.82) is 0 Å². The highest BCUT2D eigenvalue weighted by molar-refractivity contribution is 6.01. The van der Waals surface area contributed by atoms with Crippen LogP contribution in [0.15, 0.2) is 48.5 Å². The lowest BCUT2D eigenvalue weighted by Gasteiger charge is -2.23. The zero-order valence-electron chi connectivity index (χ0n) is 17.9. The van der Waals surface area contributed by atoms with Gasteiger partial charge in [-0.05, 0) is 68.3 Å². The topological polar surface area (TPSA) is 70.7 Å². The first-order valence-electron chi connectivity index (χ1n) is 10.00. The second-order valence-electron chi connectivity index (χ2n) is 7.13. The third-order valence-electron chi connectivity index (χ3n) is 4.85. The molecule has 6 heteroatoms. The van der Waals surface area contributed by atoms with Crippen LogP contribution in [0.25, 0.3) is 0 Å². The Morgan fingerprint density at radius 2 is 1.55 bits per heavy atom. The Labute approximate surface area is 173 Å². The van der Waals surface area contributed by atoms with Crippen LogP contribution in [0.4, 0.5) is 11.4 Å². The smallest absolute Gasteiger partial charge is 0.251 e. The molecule has 2 N–H and O–H groups in total. The van der Waals surface area contributed by atoms with E-state index in [4.69, 9.17) is 4.74 Å². The summed E-state index contributed by atoms with van der Waals surface area (Å²) in [5, 5.41) is 5.75. The fourth-order valence-electron chi connectivity index (χ4n) is 3.07. The number of nitrogens with one attached hydrogen (secondary N) is 2. The van der Waals surface area contributed by atoms with Gasteiger partial charge in [0, 0.05) is 30.0 Å². The first kappa shape index (κ1) is 22.3. The van der Waals surface area contributed by atoms with Crippen LogP contribution in [-0.4, -0.2) is 38.1 Å². The van der Waals surface area contributed by atoms with E-state index in [2.05, 4.69) is 29.4 Å². The van der Waals surface area contributed by atoms with Gasteiger partial charge in [0.25, 0.3) is 5.91 Å². The van der Waals surface area contributed by atoms with Gasteiger partial charge in [-0.1, -0.05) is 13.8 Å². The van der Waals surface area contributed by atoms with Gasteiger partial charge < -0.3 is 20.3 Å². The van der Waals surface area contributed by atoms with Crippen molar-refractivity contribution < 1.29 is 14.3 Å². The van der Waals surface area contributed by atoms with Crippen molar-refractivity contribution in [2.24, 2.45) is 5.92 Å². The lowest BCUT2D eigenvalue weighted by molar-refractivity contribution is -0.118. The maximum atomic E-state index is 12.8. The highest BCUT2D eigenvalue weighted by Gasteiger charge is 2.25. The summed E-state index contributed by atoms with van der Waals surface area (Å²) >= 11 is 0. The van der Waals surface area contributed by atoms with Gasteiger partial charge in [0.2, 0.25) is 5.91 Å². The molecule has 2 aromatic rings. The maximum Gasteiger partial charge on any atom is 0.251 e. The summed E-state index contributed by atoms with van der Waals surface area (Å²) in [6.45, 7) is 9.88. The number of hydrogen-bond donors (Lipinski definition) is 2. The Morgan fingerprint density at radius 1 is 0.966 bits per heavy atom. The third kappa shape index (κ3) is 5.98. The number of rotatable bonds is 9. The van der Waals surface area contributed by atoms with E-state index >= 15 is 0 Å². The normalized spacial score (nSPS) is 11.7. The number of nitrogens with zero attached hydrogens (tertiary/aromatic N) is 1. The summed E-state index contributed by atoms with van der Waals surface area (Å²) in [6, 6.07) is 13.9. The summed E-state index contributed by atoms with van der Waals surface area (Å²) < 4.78 is 5.11. The lowest BCUT2D eigenvalue weighted by atomic mass is 10.0. The summed E-state index contributed by atoms with van der Waals surface area (Å²) in [5.41, 5.74) is 2.30. The maximum absolute atomic E-state index is 12.8. The van der Waals surface area contributed by atoms with Gasteiger partial charge in [0.1, 0.15) is 11.8 Å². The quantitative estimate of drug-likeness (QED) is 0.672. The second-order valence-corrected chi connectivity index (χ2v) is 7.13. The number of anilines is 2. The molecule has 2 amide bonds. The highest BCUT2D eigenvalue weighted by atomic mass is 16.5. The molecule has 0 heterocycles. The van der Waals surface area contributed by atoms with E-state index < -0.39 is 6.04 Å². The van der Waals surface area contributed by atoms with Crippen LogP contribution < -0.4 is 20.3 Å². The average molecular weight is 398 g/mol. The Balaban J connectivity index is 2.05. The van der Waals surface area contributed by atoms with Gasteiger partial charge in [-0.2, -0.15) is 0 Å². The number of carbonyl (C=O) groups is 2. The van der Waals surface area contributed by atoms with Crippen molar-refractivity contribution in [3.8, 4) is 5.75 Å². The molecule has 1 unspecified atom stereocenters. The molecule has 0 saturated carbocycles. The van der Waals surface area contributed by atoms with E-state index in [1.54, 1.807) is 31.4 Å². The molecular weight excluding hydrogens is 366 g/mol. The first-order chi connectivity index (χ1) is 13.9. The molecule has 29 heavy (non-hydrogen) atoms. The van der Waals surface area contributed by atoms with E-state index in [1.165, 1.54) is 0 Å². The summed E-state index contributed by atoms with van der Waals surface area (Å²) in [6.07, 6.45) is 0. The van der Waals surface area contributed by atoms with Crippen molar-refractivity contribution in [2.45, 2.75) is 33.7 Å². The molecule has 0 saturated heterocycles. The van der Waals surface area contributed by atoms with Crippen LogP contribution >= 0.6 is 0 Å². The van der Waals surface area contributed by atoms with Crippen molar-refractivity contribution in [3.05, 3.63) is 54.1 Å². The van der Waals surface area contributed by atoms with Gasteiger partial charge in [-0.25, -0.2) is 0 Å². The van der Waals surface area contributed by atoms with Gasteiger partial charge >= 0.3 is 0 Å². The predicted molar refractivity (Wildman–Crippen MR) is 118 cm³/mol. The van der Waals surface area contributed by atoms with Crippen LogP contribution in [0.2, 0.25) is 0 Å². The monoisotopic (exact) mass is 397 g/mol. The molecule has 2 aromatic carbocycles. The minimum absolute atomic E-state index is 0.0628. The lowest BCUT2D eigenvalue weighted by Crippen LogP contribution is -2.47. The molecule has 2 rings (SSSR count). The highest BCUT2D eigenvalue weighted by Crippen LogP contribution is 2.18. The zero-order valence-corrected chi connectivity index (χ0v) is 17.9. The Hall–Kier alpha value is -3.02. The molecule has 0 aromatic heterocycles. The number of carbonyl (C=O) groups excluding carboxylic acids is 2. The second kappa shape index (κ2) is 10.5. The molecule has 156 valence electrons. The number of hydrogen-bond acceptors (Lipinski definition) is 4. The fourth-order valence-corrected chi connectivity index (χ4v) is 3.07. The summed E-state index contributed by atoms with van der Waals surface area (Å²) in [4.78, 5) is 27.6. The van der Waals surface area contributed by atoms with E-state index in [1.807, 2.05) is 38.1 Å². The first-order valence-corrected chi connectivity index (χ1v) is 10.00. The Morgan fingerprint density at radius 3 is 2.03 bits per heavy atom. The standard InChI is InChI=1S/C23H31N3O3/c1-6-26(7-2)19-12-10-18(11-13-19)24-23(28)21(16(3)4)25-22(27)17-8-14-20(29-5)15-9-17/h8-16,21H,6-7H2,1-5H3,(H,24,28)(H,25,27). The molecule has 0 aliphatic heterocycles. The van der Waals surface area contributed by atoms with Gasteiger partial charge in [-0.15, -0.1) is 0 Å². The Bertz CT molecular complexity index is 797. The molecule has 0 radical (unpaired) electrons. The van der Waals surface area contributed by atoms with E-state index in [0.29, 0.717) is 17.0 Å². The van der Waals surface area contributed by atoms with Gasteiger partial charge in [0.05, 0.1) is 7.11 Å². The summed E-state index contributed by atoms with van der Waals surface area (Å²) in [5.74, 6) is 0.0795. The van der Waals surface area contributed by atoms with Crippen molar-refractivity contribution in [1.82, 2.24) is 5.32 Å². The molecule has 0 aliphatic rings. The molecule has 6 nitrogen and oxygen atoms in total. The number of amides is 2. The van der Waals surface area contributed by atoms with Crippen LogP contribution in [-0.2, 0) is 4.79 Å². The minimum Gasteiger partial charge on any atom is -0.497 e. The SMILES string of the molecule is CCN(CC)c1ccc(NC(=O)C(NC(=O)c2ccc(OC)cc2)C(C)C)cc1. The van der Waals surface area contributed by atoms with Crippen LogP contribution in [0.1, 0.15) is 38.1 Å². The summed E-state index contributed by atoms with van der Waals surface area (Å²) in [7, 11) is 1.57. The van der Waals surface area contributed by atoms with Crippen molar-refractivity contribution in [2.75, 3.05) is 30.4 Å². The average Bonchev–Trinajstić information content (AvgIpc) is 2.73. The van der Waals surface area contributed by atoms with E-state index in [-0.39, 0.29) is 17.7 Å². The van der Waals surface area contributed by atoms with E-state index in [9.17, 15) is 9.59 Å². The van der Waals surface area contributed by atoms with Crippen LogP contribution in [0.5, 0.6) is 5.75 Å². The number of ether oxygens (including phenoxy) is 1. The predicted octanol–water partition coefficient (Wildman–Crippen LogP) is 3.93. The molecule has 1 atom stereocenters.